The molecule has 2 unspecified atom stereocenters. The summed E-state index contributed by atoms with van der Waals surface area (Å²) < 4.78 is 6.04. The van der Waals surface area contributed by atoms with Crippen molar-refractivity contribution in [2.24, 2.45) is 10.2 Å². The first kappa shape index (κ1) is 13.9. The number of nitrogens with zero attached hydrogens (tertiary/aromatic N) is 3. The molecule has 0 fully saturated rings. The molecule has 1 aromatic carbocycles. The summed E-state index contributed by atoms with van der Waals surface area (Å²) in [6, 6.07) is 6.07. The predicted molar refractivity (Wildman–Crippen MR) is 79.6 cm³/mol. The normalized spacial score (nSPS) is 19.9. The van der Waals surface area contributed by atoms with Crippen LogP contribution in [0.3, 0.4) is 0 Å². The molecule has 0 radical (unpaired) electrons. The zero-order chi connectivity index (χ0) is 14.0. The van der Waals surface area contributed by atoms with Crippen molar-refractivity contribution in [3.8, 4) is 5.75 Å². The topological polar surface area (TPSA) is 37.2 Å². The van der Waals surface area contributed by atoms with E-state index in [1.807, 2.05) is 30.9 Å². The number of hydrogen-bond donors (Lipinski definition) is 0. The highest BCUT2D eigenvalue weighted by molar-refractivity contribution is 7.80. The molecule has 102 valence electrons. The van der Waals surface area contributed by atoms with Crippen LogP contribution in [0.2, 0.25) is 0 Å². The maximum absolute atomic E-state index is 6.04. The molecule has 0 bridgehead atoms. The molecule has 0 aromatic heterocycles. The van der Waals surface area contributed by atoms with Crippen LogP contribution in [-0.4, -0.2) is 28.8 Å². The van der Waals surface area contributed by atoms with E-state index in [0.29, 0.717) is 5.11 Å². The van der Waals surface area contributed by atoms with Crippen LogP contribution in [0.15, 0.2) is 28.4 Å². The lowest BCUT2D eigenvalue weighted by Crippen LogP contribution is -2.42. The largest absolute Gasteiger partial charge is 0.486 e. The molecule has 1 aliphatic rings. The Labute approximate surface area is 119 Å². The Bertz CT molecular complexity index is 515. The van der Waals surface area contributed by atoms with Gasteiger partial charge in [0, 0.05) is 6.54 Å². The Hall–Kier alpha value is -1.49. The van der Waals surface area contributed by atoms with Gasteiger partial charge < -0.3 is 9.64 Å². The maximum Gasteiger partial charge on any atom is 0.217 e. The van der Waals surface area contributed by atoms with Crippen LogP contribution in [0.5, 0.6) is 5.75 Å². The summed E-state index contributed by atoms with van der Waals surface area (Å²) in [7, 11) is 0. The SMILES string of the molecule is CCN1C(=S)N=NC1C(C)Oc1cccc(C)c1C. The zero-order valence-electron chi connectivity index (χ0n) is 11.8. The zero-order valence-corrected chi connectivity index (χ0v) is 12.6. The highest BCUT2D eigenvalue weighted by Crippen LogP contribution is 2.25. The number of thiocarbonyl (C=S) groups is 1. The first-order valence-electron chi connectivity index (χ1n) is 6.49. The first-order valence-corrected chi connectivity index (χ1v) is 6.89. The third-order valence-corrected chi connectivity index (χ3v) is 3.77. The molecule has 1 heterocycles. The van der Waals surface area contributed by atoms with Crippen molar-refractivity contribution >= 4 is 17.3 Å². The van der Waals surface area contributed by atoms with Crippen molar-refractivity contribution < 1.29 is 4.74 Å². The van der Waals surface area contributed by atoms with E-state index in [9.17, 15) is 0 Å². The van der Waals surface area contributed by atoms with E-state index >= 15 is 0 Å². The number of rotatable bonds is 4. The van der Waals surface area contributed by atoms with E-state index in [1.165, 1.54) is 5.56 Å². The van der Waals surface area contributed by atoms with Crippen molar-refractivity contribution in [1.82, 2.24) is 4.90 Å². The summed E-state index contributed by atoms with van der Waals surface area (Å²) in [6.07, 6.45) is -0.220. The van der Waals surface area contributed by atoms with Gasteiger partial charge in [-0.1, -0.05) is 12.1 Å². The van der Waals surface area contributed by atoms with Crippen molar-refractivity contribution in [1.29, 1.82) is 0 Å². The van der Waals surface area contributed by atoms with Crippen molar-refractivity contribution in [3.63, 3.8) is 0 Å². The minimum Gasteiger partial charge on any atom is -0.486 e. The monoisotopic (exact) mass is 277 g/mol. The van der Waals surface area contributed by atoms with Crippen molar-refractivity contribution in [3.05, 3.63) is 29.3 Å². The van der Waals surface area contributed by atoms with Gasteiger partial charge in [0.2, 0.25) is 5.11 Å². The van der Waals surface area contributed by atoms with Crippen LogP contribution in [0.4, 0.5) is 0 Å². The minimum atomic E-state index is -0.127. The van der Waals surface area contributed by atoms with Gasteiger partial charge in [0.15, 0.2) is 6.17 Å². The van der Waals surface area contributed by atoms with Gasteiger partial charge in [-0.25, -0.2) is 0 Å². The van der Waals surface area contributed by atoms with Crippen LogP contribution < -0.4 is 4.74 Å². The van der Waals surface area contributed by atoms with E-state index < -0.39 is 0 Å². The highest BCUT2D eigenvalue weighted by Gasteiger charge is 2.31. The van der Waals surface area contributed by atoms with Gasteiger partial charge in [-0.3, -0.25) is 0 Å². The average Bonchev–Trinajstić information content (AvgIpc) is 2.76. The molecule has 0 amide bonds. The van der Waals surface area contributed by atoms with Crippen molar-refractivity contribution in [2.45, 2.75) is 40.0 Å². The number of aryl methyl sites for hydroxylation is 1. The van der Waals surface area contributed by atoms with Crippen molar-refractivity contribution in [2.75, 3.05) is 6.54 Å². The van der Waals surface area contributed by atoms with Gasteiger partial charge in [-0.15, -0.1) is 5.11 Å². The highest BCUT2D eigenvalue weighted by atomic mass is 32.1. The molecular formula is C14H19N3OS. The maximum atomic E-state index is 6.04. The van der Waals surface area contributed by atoms with E-state index in [4.69, 9.17) is 17.0 Å². The van der Waals surface area contributed by atoms with Gasteiger partial charge in [-0.2, -0.15) is 5.11 Å². The number of ether oxygens (including phenoxy) is 1. The molecule has 0 saturated carbocycles. The molecule has 5 heteroatoms. The first-order chi connectivity index (χ1) is 9.04. The fourth-order valence-electron chi connectivity index (χ4n) is 2.12. The molecule has 0 saturated heterocycles. The van der Waals surface area contributed by atoms with Crippen LogP contribution in [-0.2, 0) is 0 Å². The summed E-state index contributed by atoms with van der Waals surface area (Å²) in [5.74, 6) is 0.900. The number of hydrogen-bond acceptors (Lipinski definition) is 3. The Balaban J connectivity index is 2.13. The summed E-state index contributed by atoms with van der Waals surface area (Å²) in [5.41, 5.74) is 2.38. The molecule has 0 aliphatic carbocycles. The Morgan fingerprint density at radius 2 is 2.16 bits per heavy atom. The smallest absolute Gasteiger partial charge is 0.217 e. The van der Waals surface area contributed by atoms with Crippen LogP contribution in [0.1, 0.15) is 25.0 Å². The van der Waals surface area contributed by atoms with Crippen LogP contribution >= 0.6 is 12.2 Å². The average molecular weight is 277 g/mol. The lowest BCUT2D eigenvalue weighted by Gasteiger charge is -2.27. The summed E-state index contributed by atoms with van der Waals surface area (Å²) in [5, 5.41) is 8.72. The molecule has 19 heavy (non-hydrogen) atoms. The Kier molecular flexibility index (Phi) is 4.14. The molecule has 0 spiro atoms. The fourth-order valence-corrected chi connectivity index (χ4v) is 2.41. The standard InChI is InChI=1S/C14H19N3OS/c1-5-17-13(15-16-14(17)19)11(4)18-12-8-6-7-9(2)10(12)3/h6-8,11,13H,5H2,1-4H3. The van der Waals surface area contributed by atoms with Gasteiger partial charge in [0.25, 0.3) is 0 Å². The third kappa shape index (κ3) is 2.76. The second-order valence-corrected chi connectivity index (χ2v) is 5.08. The predicted octanol–water partition coefficient (Wildman–Crippen LogP) is 3.47. The lowest BCUT2D eigenvalue weighted by atomic mass is 10.1. The number of likely N-dealkylation sites (N-methyl/N-ethyl adjacent to an activating group) is 1. The molecule has 2 atom stereocenters. The van der Waals surface area contributed by atoms with Gasteiger partial charge in [0.1, 0.15) is 11.9 Å². The quantitative estimate of drug-likeness (QED) is 0.791. The van der Waals surface area contributed by atoms with Gasteiger partial charge in [-0.05, 0) is 57.1 Å². The van der Waals surface area contributed by atoms with Crippen LogP contribution in [0, 0.1) is 13.8 Å². The summed E-state index contributed by atoms with van der Waals surface area (Å²) in [6.45, 7) is 8.98. The van der Waals surface area contributed by atoms with E-state index in [1.54, 1.807) is 0 Å². The lowest BCUT2D eigenvalue weighted by molar-refractivity contribution is 0.132. The van der Waals surface area contributed by atoms with Crippen LogP contribution in [0.25, 0.3) is 0 Å². The summed E-state index contributed by atoms with van der Waals surface area (Å²) >= 11 is 5.16. The van der Waals surface area contributed by atoms with Gasteiger partial charge in [0.05, 0.1) is 0 Å². The molecule has 1 aliphatic heterocycles. The Morgan fingerprint density at radius 3 is 2.84 bits per heavy atom. The number of azo groups is 1. The van der Waals surface area contributed by atoms with E-state index in [-0.39, 0.29) is 12.3 Å². The second-order valence-electron chi connectivity index (χ2n) is 4.72. The summed E-state index contributed by atoms with van der Waals surface area (Å²) in [4.78, 5) is 1.98. The molecule has 0 N–H and O–H groups in total. The van der Waals surface area contributed by atoms with E-state index in [2.05, 4.69) is 30.1 Å². The molecule has 2 rings (SSSR count). The van der Waals surface area contributed by atoms with E-state index in [0.717, 1.165) is 17.9 Å². The molecular weight excluding hydrogens is 258 g/mol. The number of benzene rings is 1. The molecule has 4 nitrogen and oxygen atoms in total. The Morgan fingerprint density at radius 1 is 1.42 bits per heavy atom. The third-order valence-electron chi connectivity index (χ3n) is 3.45. The fraction of sp³-hybridized carbons (Fsp3) is 0.500. The second kappa shape index (κ2) is 5.65. The molecule has 1 aromatic rings. The van der Waals surface area contributed by atoms with Gasteiger partial charge >= 0.3 is 0 Å². The minimum absolute atomic E-state index is 0.0929.